The fourth-order valence-corrected chi connectivity index (χ4v) is 3.30. The molecular weight excluding hydrogens is 332 g/mol. The van der Waals surface area contributed by atoms with Crippen molar-refractivity contribution in [3.63, 3.8) is 0 Å². The Bertz CT molecular complexity index is 998. The summed E-state index contributed by atoms with van der Waals surface area (Å²) >= 11 is 0. The maximum absolute atomic E-state index is 12.2. The number of carbonyl (C=O) groups excluding carboxylic acids is 1. The lowest BCUT2D eigenvalue weighted by atomic mass is 10.2. The number of carbonyl (C=O) groups is 1. The Labute approximate surface area is 149 Å². The topological polar surface area (TPSA) is 105 Å². The molecule has 1 atom stereocenters. The number of rotatable bonds is 4. The van der Waals surface area contributed by atoms with E-state index in [0.29, 0.717) is 0 Å². The molecule has 0 spiro atoms. The summed E-state index contributed by atoms with van der Waals surface area (Å²) in [7, 11) is 1.93. The highest BCUT2D eigenvalue weighted by Gasteiger charge is 2.24. The van der Waals surface area contributed by atoms with Crippen LogP contribution in [0.2, 0.25) is 0 Å². The highest BCUT2D eigenvalue weighted by molar-refractivity contribution is 5.82. The molecular formula is C17H18N8O. The van der Waals surface area contributed by atoms with Crippen LogP contribution < -0.4 is 10.2 Å². The van der Waals surface area contributed by atoms with Crippen molar-refractivity contribution in [2.75, 3.05) is 18.0 Å². The van der Waals surface area contributed by atoms with Gasteiger partial charge in [0.05, 0.1) is 11.7 Å². The van der Waals surface area contributed by atoms with Gasteiger partial charge in [-0.05, 0) is 24.6 Å². The molecule has 1 aliphatic heterocycles. The van der Waals surface area contributed by atoms with E-state index < -0.39 is 0 Å². The molecule has 0 unspecified atom stereocenters. The summed E-state index contributed by atoms with van der Waals surface area (Å²) in [6.45, 7) is 1.71. The number of fused-ring (bicyclic) bond motifs is 1. The van der Waals surface area contributed by atoms with Gasteiger partial charge in [-0.2, -0.15) is 10.4 Å². The van der Waals surface area contributed by atoms with E-state index in [2.05, 4.69) is 43.6 Å². The third-order valence-corrected chi connectivity index (χ3v) is 4.59. The molecule has 0 bridgehead atoms. The highest BCUT2D eigenvalue weighted by Crippen LogP contribution is 2.25. The molecule has 9 nitrogen and oxygen atoms in total. The van der Waals surface area contributed by atoms with Gasteiger partial charge in [0.1, 0.15) is 18.9 Å². The first-order valence-electron chi connectivity index (χ1n) is 8.38. The van der Waals surface area contributed by atoms with Crippen LogP contribution in [0.1, 0.15) is 12.2 Å². The Morgan fingerprint density at radius 2 is 2.35 bits per heavy atom. The number of nitrogens with one attached hydrogen (secondary N) is 1. The lowest BCUT2D eigenvalue weighted by molar-refractivity contribution is -0.122. The maximum atomic E-state index is 12.2. The largest absolute Gasteiger partial charge is 0.369 e. The number of aryl methyl sites for hydroxylation is 1. The molecule has 26 heavy (non-hydrogen) atoms. The molecule has 3 aromatic rings. The lowest BCUT2D eigenvalue weighted by Crippen LogP contribution is -2.39. The zero-order chi connectivity index (χ0) is 18.1. The summed E-state index contributed by atoms with van der Waals surface area (Å²) in [4.78, 5) is 18.2. The normalized spacial score (nSPS) is 16.8. The van der Waals surface area contributed by atoms with Gasteiger partial charge in [-0.15, -0.1) is 5.10 Å². The van der Waals surface area contributed by atoms with Crippen LogP contribution in [0.15, 0.2) is 30.7 Å². The summed E-state index contributed by atoms with van der Waals surface area (Å²) in [5, 5.41) is 21.0. The number of aromatic nitrogens is 5. The molecule has 1 amide bonds. The fourth-order valence-electron chi connectivity index (χ4n) is 3.30. The monoisotopic (exact) mass is 350 g/mol. The van der Waals surface area contributed by atoms with Crippen molar-refractivity contribution in [3.05, 3.63) is 36.5 Å². The van der Waals surface area contributed by atoms with E-state index in [1.54, 1.807) is 0 Å². The predicted octanol–water partition coefficient (Wildman–Crippen LogP) is 0.432. The Morgan fingerprint density at radius 1 is 1.46 bits per heavy atom. The van der Waals surface area contributed by atoms with Crippen LogP contribution in [0.5, 0.6) is 0 Å². The molecule has 0 aliphatic carbocycles. The van der Waals surface area contributed by atoms with Crippen molar-refractivity contribution >= 4 is 22.5 Å². The van der Waals surface area contributed by atoms with E-state index in [-0.39, 0.29) is 24.3 Å². The van der Waals surface area contributed by atoms with Crippen LogP contribution in [0.4, 0.5) is 5.69 Å². The highest BCUT2D eigenvalue weighted by atomic mass is 16.2. The Balaban J connectivity index is 1.36. The number of hydrogen-bond donors (Lipinski definition) is 1. The number of hydrogen-bond acceptors (Lipinski definition) is 6. The second kappa shape index (κ2) is 6.48. The SMILES string of the molecule is Cn1ncc2cc(N3CC[C@@H](NC(=O)Cn4cnc(C#N)n4)C3)ccc21. The van der Waals surface area contributed by atoms with Gasteiger partial charge in [-0.1, -0.05) is 0 Å². The first-order chi connectivity index (χ1) is 12.6. The quantitative estimate of drug-likeness (QED) is 0.732. The van der Waals surface area contributed by atoms with Crippen LogP contribution in [-0.2, 0) is 18.4 Å². The van der Waals surface area contributed by atoms with Crippen LogP contribution in [-0.4, -0.2) is 49.6 Å². The van der Waals surface area contributed by atoms with E-state index >= 15 is 0 Å². The maximum Gasteiger partial charge on any atom is 0.252 e. The van der Waals surface area contributed by atoms with Gasteiger partial charge in [0.25, 0.3) is 5.82 Å². The van der Waals surface area contributed by atoms with E-state index in [4.69, 9.17) is 5.26 Å². The van der Waals surface area contributed by atoms with Crippen molar-refractivity contribution in [1.82, 2.24) is 29.9 Å². The van der Waals surface area contributed by atoms with Gasteiger partial charge in [0.15, 0.2) is 0 Å². The van der Waals surface area contributed by atoms with Gasteiger partial charge in [-0.3, -0.25) is 9.48 Å². The number of anilines is 1. The molecule has 0 radical (unpaired) electrons. The van der Waals surface area contributed by atoms with Gasteiger partial charge in [-0.25, -0.2) is 9.67 Å². The number of benzene rings is 1. The van der Waals surface area contributed by atoms with Crippen molar-refractivity contribution in [2.45, 2.75) is 19.0 Å². The van der Waals surface area contributed by atoms with Gasteiger partial charge in [0.2, 0.25) is 5.91 Å². The number of nitrogens with zero attached hydrogens (tertiary/aromatic N) is 7. The van der Waals surface area contributed by atoms with Crippen LogP contribution in [0, 0.1) is 11.3 Å². The third kappa shape index (κ3) is 3.09. The van der Waals surface area contributed by atoms with Crippen molar-refractivity contribution in [3.8, 4) is 6.07 Å². The Hall–Kier alpha value is -3.41. The Morgan fingerprint density at radius 3 is 3.15 bits per heavy atom. The number of nitriles is 1. The van der Waals surface area contributed by atoms with Gasteiger partial charge < -0.3 is 10.2 Å². The van der Waals surface area contributed by atoms with E-state index in [0.717, 1.165) is 36.1 Å². The molecule has 9 heteroatoms. The molecule has 0 saturated carbocycles. The summed E-state index contributed by atoms with van der Waals surface area (Å²) in [5.41, 5.74) is 2.24. The minimum atomic E-state index is -0.131. The standard InChI is InChI=1S/C17H18N8O/c1-23-15-3-2-14(6-12(15)8-20-23)24-5-4-13(9-24)21-17(26)10-25-11-19-16(7-18)22-25/h2-3,6,8,11,13H,4-5,9-10H2,1H3,(H,21,26)/t13-/m1/s1. The van der Waals surface area contributed by atoms with E-state index in [9.17, 15) is 4.79 Å². The average Bonchev–Trinajstić information content (AvgIpc) is 3.35. The third-order valence-electron chi connectivity index (χ3n) is 4.59. The summed E-state index contributed by atoms with van der Waals surface area (Å²) in [5.74, 6) is -0.0652. The van der Waals surface area contributed by atoms with Crippen molar-refractivity contribution in [1.29, 1.82) is 5.26 Å². The number of amides is 1. The van der Waals surface area contributed by atoms with Crippen molar-refractivity contribution in [2.24, 2.45) is 7.05 Å². The lowest BCUT2D eigenvalue weighted by Gasteiger charge is -2.19. The predicted molar refractivity (Wildman–Crippen MR) is 94.2 cm³/mol. The van der Waals surface area contributed by atoms with Crippen LogP contribution >= 0.6 is 0 Å². The van der Waals surface area contributed by atoms with Gasteiger partial charge in [0, 0.05) is 37.3 Å². The molecule has 1 saturated heterocycles. The van der Waals surface area contributed by atoms with E-state index in [1.807, 2.05) is 24.0 Å². The molecule has 1 fully saturated rings. The molecule has 1 aromatic carbocycles. The molecule has 1 N–H and O–H groups in total. The molecule has 1 aliphatic rings. The van der Waals surface area contributed by atoms with Crippen LogP contribution in [0.25, 0.3) is 10.9 Å². The van der Waals surface area contributed by atoms with Gasteiger partial charge >= 0.3 is 0 Å². The first kappa shape index (κ1) is 16.1. The summed E-state index contributed by atoms with van der Waals surface area (Å²) in [6, 6.07) is 8.22. The first-order valence-corrected chi connectivity index (χ1v) is 8.38. The second-order valence-corrected chi connectivity index (χ2v) is 6.39. The summed E-state index contributed by atoms with van der Waals surface area (Å²) < 4.78 is 3.23. The summed E-state index contributed by atoms with van der Waals surface area (Å²) in [6.07, 6.45) is 4.14. The zero-order valence-electron chi connectivity index (χ0n) is 14.3. The molecule has 2 aromatic heterocycles. The smallest absolute Gasteiger partial charge is 0.252 e. The zero-order valence-corrected chi connectivity index (χ0v) is 14.3. The van der Waals surface area contributed by atoms with Crippen molar-refractivity contribution < 1.29 is 4.79 Å². The second-order valence-electron chi connectivity index (χ2n) is 6.39. The minimum Gasteiger partial charge on any atom is -0.369 e. The van der Waals surface area contributed by atoms with E-state index in [1.165, 1.54) is 11.0 Å². The fraction of sp³-hybridized carbons (Fsp3) is 0.353. The van der Waals surface area contributed by atoms with Crippen LogP contribution in [0.3, 0.4) is 0 Å². The molecule has 132 valence electrons. The average molecular weight is 350 g/mol. The Kier molecular flexibility index (Phi) is 4.01. The molecule has 4 rings (SSSR count). The minimum absolute atomic E-state index is 0.0623. The molecule has 3 heterocycles.